The van der Waals surface area contributed by atoms with Crippen LogP contribution in [0.15, 0.2) is 52.4 Å². The number of hydrogen-bond donors (Lipinski definition) is 2. The number of carboxylic acid groups (broad SMARTS) is 2. The summed E-state index contributed by atoms with van der Waals surface area (Å²) in [5, 5.41) is 30.3. The predicted octanol–water partition coefficient (Wildman–Crippen LogP) is -5.63. The standard InChI is InChI=1S/C22H22N6O7S2.Na/c1-22(2,20(33)34)35-26-13(12-10-37-21(23)24-12)16(29)25-14-17(30)28-15(19(31)32)11(9-36-18(14)28)8-27-6-4-3-5-7-27;/h3-7,10,14,18H,8-9H2,1-2H3,(H4-,23,24,25,29,31,32,33,34);/q;+1/p-1/b26-13+;/t14-,18-;/m1./s1. The van der Waals surface area contributed by atoms with Gasteiger partial charge in [-0.25, -0.2) is 9.55 Å². The van der Waals surface area contributed by atoms with E-state index in [1.807, 2.05) is 6.07 Å². The van der Waals surface area contributed by atoms with Crippen LogP contribution in [0.1, 0.15) is 19.5 Å². The van der Waals surface area contributed by atoms with Crippen molar-refractivity contribution in [3.63, 3.8) is 0 Å². The zero-order valence-corrected chi connectivity index (χ0v) is 24.2. The van der Waals surface area contributed by atoms with Gasteiger partial charge in [0.05, 0.1) is 17.6 Å². The molecule has 13 nitrogen and oxygen atoms in total. The first-order chi connectivity index (χ1) is 17.5. The number of carbonyl (C=O) groups is 4. The summed E-state index contributed by atoms with van der Waals surface area (Å²) in [5.74, 6) is -4.30. The molecule has 0 aromatic carbocycles. The number of anilines is 1. The summed E-state index contributed by atoms with van der Waals surface area (Å²) in [5.41, 5.74) is 3.65. The van der Waals surface area contributed by atoms with E-state index in [1.54, 1.807) is 29.1 Å². The van der Waals surface area contributed by atoms with Crippen molar-refractivity contribution in [2.45, 2.75) is 37.4 Å². The Balaban J connectivity index is 0.00000400. The number of rotatable bonds is 9. The zero-order chi connectivity index (χ0) is 26.9. The Hall–Kier alpha value is -2.98. The number of aliphatic carboxylic acids is 2. The van der Waals surface area contributed by atoms with Crippen LogP contribution in [0.3, 0.4) is 0 Å². The molecule has 0 bridgehead atoms. The van der Waals surface area contributed by atoms with E-state index in [4.69, 9.17) is 10.6 Å². The van der Waals surface area contributed by atoms with E-state index in [-0.39, 0.29) is 52.6 Å². The summed E-state index contributed by atoms with van der Waals surface area (Å²) in [4.78, 5) is 59.4. The van der Waals surface area contributed by atoms with Crippen molar-refractivity contribution in [2.24, 2.45) is 5.16 Å². The number of pyridine rings is 1. The summed E-state index contributed by atoms with van der Waals surface area (Å²) >= 11 is 2.30. The fourth-order valence-corrected chi connectivity index (χ4v) is 5.44. The van der Waals surface area contributed by atoms with Crippen molar-refractivity contribution in [2.75, 3.05) is 11.5 Å². The van der Waals surface area contributed by atoms with Crippen LogP contribution in [0.4, 0.5) is 5.13 Å². The molecule has 2 aromatic heterocycles. The number of aromatic nitrogens is 2. The number of amides is 2. The first-order valence-electron chi connectivity index (χ1n) is 10.8. The zero-order valence-electron chi connectivity index (χ0n) is 20.6. The van der Waals surface area contributed by atoms with Crippen LogP contribution in [-0.4, -0.2) is 62.1 Å². The van der Waals surface area contributed by atoms with Gasteiger partial charge in [0.1, 0.15) is 17.1 Å². The number of nitrogens with zero attached hydrogens (tertiary/aromatic N) is 4. The van der Waals surface area contributed by atoms with E-state index in [9.17, 15) is 29.4 Å². The molecular formula is C22H21N6NaO7S2. The minimum absolute atomic E-state index is 0. The average Bonchev–Trinajstić information content (AvgIpc) is 3.28. The Morgan fingerprint density at radius 2 is 1.97 bits per heavy atom. The quantitative estimate of drug-likeness (QED) is 0.0968. The van der Waals surface area contributed by atoms with Crippen LogP contribution in [0.2, 0.25) is 0 Å². The maximum absolute atomic E-state index is 13.1. The molecule has 0 radical (unpaired) electrons. The van der Waals surface area contributed by atoms with Crippen molar-refractivity contribution in [3.05, 3.63) is 52.9 Å². The van der Waals surface area contributed by atoms with Gasteiger partial charge in [0.15, 0.2) is 35.4 Å². The summed E-state index contributed by atoms with van der Waals surface area (Å²) in [6.45, 7) is 2.61. The van der Waals surface area contributed by atoms with Crippen LogP contribution >= 0.6 is 23.1 Å². The molecule has 0 unspecified atom stereocenters. The molecule has 2 aliphatic rings. The van der Waals surface area contributed by atoms with Crippen LogP contribution in [0.5, 0.6) is 0 Å². The first-order valence-corrected chi connectivity index (χ1v) is 12.7. The van der Waals surface area contributed by atoms with Gasteiger partial charge in [-0.1, -0.05) is 11.2 Å². The second-order valence-electron chi connectivity index (χ2n) is 8.55. The second-order valence-corrected chi connectivity index (χ2v) is 10.5. The predicted molar refractivity (Wildman–Crippen MR) is 127 cm³/mol. The summed E-state index contributed by atoms with van der Waals surface area (Å²) in [6.07, 6.45) is 3.54. The summed E-state index contributed by atoms with van der Waals surface area (Å²) in [7, 11) is 0. The maximum Gasteiger partial charge on any atom is 1.00 e. The number of thiazole rings is 1. The maximum atomic E-state index is 13.1. The van der Waals surface area contributed by atoms with Gasteiger partial charge in [-0.05, 0) is 13.8 Å². The van der Waals surface area contributed by atoms with Gasteiger partial charge in [-0.15, -0.1) is 23.1 Å². The molecular weight excluding hydrogens is 547 g/mol. The molecule has 2 aromatic rings. The van der Waals surface area contributed by atoms with Gasteiger partial charge in [-0.3, -0.25) is 14.5 Å². The Bertz CT molecular complexity index is 1330. The van der Waals surface area contributed by atoms with Crippen LogP contribution in [-0.2, 0) is 30.6 Å². The summed E-state index contributed by atoms with van der Waals surface area (Å²) < 4.78 is 1.78. The van der Waals surface area contributed by atoms with Gasteiger partial charge in [0, 0.05) is 28.8 Å². The number of nitrogens with two attached hydrogens (primary N) is 1. The van der Waals surface area contributed by atoms with Crippen molar-refractivity contribution in [1.82, 2.24) is 15.2 Å². The molecule has 16 heteroatoms. The molecule has 0 aliphatic carbocycles. The number of nitrogens with one attached hydrogen (secondary N) is 1. The number of carbonyl (C=O) groups excluding carboxylic acids is 4. The van der Waals surface area contributed by atoms with Crippen molar-refractivity contribution in [1.29, 1.82) is 0 Å². The number of fused-ring (bicyclic) bond motifs is 1. The molecule has 1 fully saturated rings. The van der Waals surface area contributed by atoms with E-state index in [2.05, 4.69) is 15.5 Å². The molecule has 0 saturated carbocycles. The minimum atomic E-state index is -1.86. The van der Waals surface area contributed by atoms with E-state index >= 15 is 0 Å². The molecule has 2 amide bonds. The molecule has 4 heterocycles. The molecule has 0 spiro atoms. The molecule has 38 heavy (non-hydrogen) atoms. The molecule has 194 valence electrons. The van der Waals surface area contributed by atoms with Crippen LogP contribution < -0.4 is 55.4 Å². The monoisotopic (exact) mass is 568 g/mol. The summed E-state index contributed by atoms with van der Waals surface area (Å²) in [6, 6.07) is 4.34. The Labute approximate surface area is 247 Å². The SMILES string of the molecule is CC(C)(O/N=C(/C(=O)N[C@@H]1C(=O)N2C(C(=O)[O-])=C(C[n+]3ccccc3)CS[C@H]12)c1csc(N)n1)C(=O)[O-].[Na+]. The van der Waals surface area contributed by atoms with E-state index in [1.165, 1.54) is 31.0 Å². The number of β-lactam (4-membered cyclic amide) rings is 1. The number of hydrogen-bond acceptors (Lipinski definition) is 12. The molecule has 2 aliphatic heterocycles. The van der Waals surface area contributed by atoms with Crippen LogP contribution in [0, 0.1) is 0 Å². The Kier molecular flexibility index (Phi) is 9.20. The third-order valence-electron chi connectivity index (χ3n) is 5.51. The van der Waals surface area contributed by atoms with Crippen molar-refractivity contribution < 1.29 is 68.4 Å². The number of carboxylic acids is 2. The minimum Gasteiger partial charge on any atom is -0.546 e. The topological polar surface area (TPSA) is 194 Å². The number of oxime groups is 1. The fourth-order valence-electron chi connectivity index (χ4n) is 3.56. The Morgan fingerprint density at radius 3 is 2.55 bits per heavy atom. The van der Waals surface area contributed by atoms with Gasteiger partial charge in [0.2, 0.25) is 0 Å². The van der Waals surface area contributed by atoms with Crippen LogP contribution in [0.25, 0.3) is 0 Å². The second kappa shape index (κ2) is 11.8. The normalized spacial score (nSPS) is 19.2. The van der Waals surface area contributed by atoms with Gasteiger partial charge >= 0.3 is 29.6 Å². The largest absolute Gasteiger partial charge is 1.00 e. The average molecular weight is 569 g/mol. The third kappa shape index (κ3) is 6.02. The van der Waals surface area contributed by atoms with Gasteiger partial charge in [-0.2, -0.15) is 0 Å². The molecule has 2 atom stereocenters. The molecule has 1 saturated heterocycles. The number of thioether (sulfide) groups is 1. The smallest absolute Gasteiger partial charge is 0.546 e. The van der Waals surface area contributed by atoms with E-state index < -0.39 is 46.5 Å². The first kappa shape index (κ1) is 29.6. The molecule has 3 N–H and O–H groups in total. The number of nitrogen functional groups attached to an aromatic ring is 1. The van der Waals surface area contributed by atoms with E-state index in [0.717, 1.165) is 16.2 Å². The fraction of sp³-hybridized carbons (Fsp3) is 0.318. The van der Waals surface area contributed by atoms with Gasteiger partial charge in [0.25, 0.3) is 11.8 Å². The van der Waals surface area contributed by atoms with Gasteiger partial charge < -0.3 is 35.7 Å². The Morgan fingerprint density at radius 1 is 1.29 bits per heavy atom. The third-order valence-corrected chi connectivity index (χ3v) is 7.53. The van der Waals surface area contributed by atoms with Crippen molar-refractivity contribution in [3.8, 4) is 0 Å². The van der Waals surface area contributed by atoms with E-state index in [0.29, 0.717) is 11.3 Å². The molecule has 4 rings (SSSR count). The van der Waals surface area contributed by atoms with Crippen molar-refractivity contribution >= 4 is 57.7 Å².